The Balaban J connectivity index is 1.57. The second-order valence-electron chi connectivity index (χ2n) is 7.61. The van der Waals surface area contributed by atoms with Crippen LogP contribution in [-0.4, -0.2) is 25.2 Å². The molecule has 9 heteroatoms. The molecule has 1 aromatic heterocycles. The number of hydrogen-bond acceptors (Lipinski definition) is 6. The normalized spacial score (nSPS) is 10.6. The van der Waals surface area contributed by atoms with Gasteiger partial charge in [-0.15, -0.1) is 0 Å². The molecule has 3 aromatic carbocycles. The summed E-state index contributed by atoms with van der Waals surface area (Å²) in [5.41, 5.74) is 2.71. The van der Waals surface area contributed by atoms with E-state index < -0.39 is 11.5 Å². The van der Waals surface area contributed by atoms with Gasteiger partial charge in [-0.2, -0.15) is 0 Å². The molecule has 0 saturated carbocycles. The number of nitrogens with one attached hydrogen (secondary N) is 2. The van der Waals surface area contributed by atoms with E-state index in [1.54, 1.807) is 36.4 Å². The fourth-order valence-electron chi connectivity index (χ4n) is 3.74. The van der Waals surface area contributed by atoms with Gasteiger partial charge in [-0.25, -0.2) is 4.79 Å². The number of rotatable bonds is 5. The minimum Gasteiger partial charge on any atom is -0.496 e. The zero-order chi connectivity index (χ0) is 25.1. The zero-order valence-corrected chi connectivity index (χ0v) is 21.5. The third-order valence-electron chi connectivity index (χ3n) is 5.31. The maximum Gasteiger partial charge on any atom is 0.344 e. The Labute approximate surface area is 215 Å². The van der Waals surface area contributed by atoms with Crippen LogP contribution in [0.25, 0.3) is 22.1 Å². The van der Waals surface area contributed by atoms with E-state index in [0.29, 0.717) is 39.5 Å². The van der Waals surface area contributed by atoms with Gasteiger partial charge in [-0.05, 0) is 61.1 Å². The molecule has 0 bridgehead atoms. The second kappa shape index (κ2) is 10.3. The third kappa shape index (κ3) is 5.21. The molecule has 7 nitrogen and oxygen atoms in total. The minimum atomic E-state index is -0.469. The maximum absolute atomic E-state index is 12.8. The maximum atomic E-state index is 12.8. The third-order valence-corrected chi connectivity index (χ3v) is 5.97. The smallest absolute Gasteiger partial charge is 0.344 e. The summed E-state index contributed by atoms with van der Waals surface area (Å²) >= 11 is 8.73. The quantitative estimate of drug-likeness (QED) is 0.243. The molecule has 0 saturated heterocycles. The molecule has 0 spiro atoms. The Morgan fingerprint density at radius 1 is 1.00 bits per heavy atom. The average Bonchev–Trinajstić information content (AvgIpc) is 2.83. The minimum absolute atomic E-state index is 0.0923. The van der Waals surface area contributed by atoms with Gasteiger partial charge in [0.1, 0.15) is 17.1 Å². The largest absolute Gasteiger partial charge is 0.496 e. The topological polar surface area (TPSA) is 89.8 Å². The molecule has 35 heavy (non-hydrogen) atoms. The standard InChI is InChI=1S/C26H21BrN2O5S/c1-14-10-16(27)12-20(23(14)33-3)24(30)29-26(35)28-17-8-9-18(22(13-17)32-2)19-11-15-6-4-5-7-21(15)34-25(19)31/h4-13H,1-3H3,(H2,28,29,30,35). The Morgan fingerprint density at radius 2 is 1.77 bits per heavy atom. The van der Waals surface area contributed by atoms with Crippen molar-refractivity contribution in [3.8, 4) is 22.6 Å². The molecule has 0 unspecified atom stereocenters. The van der Waals surface area contributed by atoms with E-state index in [1.807, 2.05) is 31.2 Å². The number of methoxy groups -OCH3 is 2. The predicted octanol–water partition coefficient (Wildman–Crippen LogP) is 5.67. The molecule has 1 amide bonds. The highest BCUT2D eigenvalue weighted by Crippen LogP contribution is 2.32. The highest BCUT2D eigenvalue weighted by atomic mass is 79.9. The van der Waals surface area contributed by atoms with Crippen molar-refractivity contribution in [2.45, 2.75) is 6.92 Å². The summed E-state index contributed by atoms with van der Waals surface area (Å²) in [6.07, 6.45) is 0. The molecule has 2 N–H and O–H groups in total. The Morgan fingerprint density at radius 3 is 2.51 bits per heavy atom. The van der Waals surface area contributed by atoms with Crippen LogP contribution in [-0.2, 0) is 0 Å². The monoisotopic (exact) mass is 552 g/mol. The molecule has 0 aliphatic rings. The van der Waals surface area contributed by atoms with Gasteiger partial charge in [0.2, 0.25) is 0 Å². The number of anilines is 1. The molecule has 4 rings (SSSR count). The molecule has 4 aromatic rings. The first-order valence-electron chi connectivity index (χ1n) is 10.5. The van der Waals surface area contributed by atoms with Gasteiger partial charge in [-0.1, -0.05) is 34.1 Å². The lowest BCUT2D eigenvalue weighted by atomic mass is 10.0. The number of carbonyl (C=O) groups excluding carboxylic acids is 1. The van der Waals surface area contributed by atoms with Gasteiger partial charge in [0.25, 0.3) is 5.91 Å². The van der Waals surface area contributed by atoms with Crippen LogP contribution < -0.4 is 25.7 Å². The summed E-state index contributed by atoms with van der Waals surface area (Å²) in [7, 11) is 3.01. The SMILES string of the molecule is COc1cc(NC(=S)NC(=O)c2cc(Br)cc(C)c2OC)ccc1-c1cc2ccccc2oc1=O. The molecular weight excluding hydrogens is 532 g/mol. The zero-order valence-electron chi connectivity index (χ0n) is 19.1. The van der Waals surface area contributed by atoms with Crippen molar-refractivity contribution >= 4 is 55.8 Å². The number of halogens is 1. The van der Waals surface area contributed by atoms with Crippen LogP contribution in [0, 0.1) is 6.92 Å². The molecular formula is C26H21BrN2O5S. The number of fused-ring (bicyclic) bond motifs is 1. The second-order valence-corrected chi connectivity index (χ2v) is 8.94. The first kappa shape index (κ1) is 24.4. The first-order valence-corrected chi connectivity index (χ1v) is 11.7. The summed E-state index contributed by atoms with van der Waals surface area (Å²) in [5.74, 6) is 0.492. The van der Waals surface area contributed by atoms with E-state index in [4.69, 9.17) is 26.1 Å². The Kier molecular flexibility index (Phi) is 7.18. The van der Waals surface area contributed by atoms with Crippen LogP contribution in [0.15, 0.2) is 74.3 Å². The van der Waals surface area contributed by atoms with Crippen LogP contribution in [0.3, 0.4) is 0 Å². The van der Waals surface area contributed by atoms with Crippen molar-refractivity contribution in [3.05, 3.63) is 86.7 Å². The van der Waals surface area contributed by atoms with Crippen molar-refractivity contribution in [2.24, 2.45) is 0 Å². The lowest BCUT2D eigenvalue weighted by molar-refractivity contribution is 0.0974. The number of hydrogen-bond donors (Lipinski definition) is 2. The van der Waals surface area contributed by atoms with Crippen molar-refractivity contribution in [1.82, 2.24) is 5.32 Å². The number of carbonyl (C=O) groups is 1. The first-order chi connectivity index (χ1) is 16.8. The van der Waals surface area contributed by atoms with E-state index in [1.165, 1.54) is 14.2 Å². The van der Waals surface area contributed by atoms with Crippen molar-refractivity contribution in [2.75, 3.05) is 19.5 Å². The Bertz CT molecular complexity index is 1520. The van der Waals surface area contributed by atoms with Crippen LogP contribution >= 0.6 is 28.1 Å². The summed E-state index contributed by atoms with van der Waals surface area (Å²) in [5, 5.41) is 6.53. The van der Waals surface area contributed by atoms with E-state index in [2.05, 4.69) is 26.6 Å². The number of amides is 1. The summed E-state index contributed by atoms with van der Waals surface area (Å²) < 4.78 is 17.1. The predicted molar refractivity (Wildman–Crippen MR) is 144 cm³/mol. The van der Waals surface area contributed by atoms with E-state index in [-0.39, 0.29) is 5.11 Å². The van der Waals surface area contributed by atoms with Gasteiger partial charge in [0, 0.05) is 27.2 Å². The fraction of sp³-hybridized carbons (Fsp3) is 0.115. The van der Waals surface area contributed by atoms with Gasteiger partial charge in [0.15, 0.2) is 5.11 Å². The number of para-hydroxylation sites is 1. The summed E-state index contributed by atoms with van der Waals surface area (Å²) in [6.45, 7) is 1.85. The highest BCUT2D eigenvalue weighted by Gasteiger charge is 2.18. The highest BCUT2D eigenvalue weighted by molar-refractivity contribution is 9.10. The average molecular weight is 553 g/mol. The molecule has 0 aliphatic carbocycles. The molecule has 0 fully saturated rings. The van der Waals surface area contributed by atoms with Gasteiger partial charge in [-0.3, -0.25) is 10.1 Å². The van der Waals surface area contributed by atoms with Gasteiger partial charge < -0.3 is 19.2 Å². The summed E-state index contributed by atoms with van der Waals surface area (Å²) in [4.78, 5) is 25.4. The van der Waals surface area contributed by atoms with E-state index in [9.17, 15) is 9.59 Å². The van der Waals surface area contributed by atoms with Crippen LogP contribution in [0.1, 0.15) is 15.9 Å². The van der Waals surface area contributed by atoms with Crippen molar-refractivity contribution in [3.63, 3.8) is 0 Å². The number of thiocarbonyl (C=S) groups is 1. The molecule has 1 heterocycles. The fourth-order valence-corrected chi connectivity index (χ4v) is 4.53. The van der Waals surface area contributed by atoms with Crippen LogP contribution in [0.2, 0.25) is 0 Å². The lowest BCUT2D eigenvalue weighted by Gasteiger charge is -2.15. The van der Waals surface area contributed by atoms with Gasteiger partial charge >= 0.3 is 5.63 Å². The Hall–Kier alpha value is -3.69. The van der Waals surface area contributed by atoms with Crippen molar-refractivity contribution < 1.29 is 18.7 Å². The van der Waals surface area contributed by atoms with Crippen molar-refractivity contribution in [1.29, 1.82) is 0 Å². The van der Waals surface area contributed by atoms with E-state index in [0.717, 1.165) is 15.4 Å². The van der Waals surface area contributed by atoms with E-state index >= 15 is 0 Å². The molecule has 0 aliphatic heterocycles. The lowest BCUT2D eigenvalue weighted by Crippen LogP contribution is -2.34. The van der Waals surface area contributed by atoms with Crippen LogP contribution in [0.5, 0.6) is 11.5 Å². The number of benzene rings is 3. The summed E-state index contributed by atoms with van der Waals surface area (Å²) in [6, 6.07) is 17.7. The number of aryl methyl sites for hydroxylation is 1. The van der Waals surface area contributed by atoms with Crippen LogP contribution in [0.4, 0.5) is 5.69 Å². The molecule has 0 radical (unpaired) electrons. The molecule has 178 valence electrons. The van der Waals surface area contributed by atoms with Gasteiger partial charge in [0.05, 0.1) is 25.3 Å². The molecule has 0 atom stereocenters. The number of ether oxygens (including phenoxy) is 2.